The van der Waals surface area contributed by atoms with Crippen LogP contribution in [0.2, 0.25) is 0 Å². The molecule has 0 aliphatic carbocycles. The van der Waals surface area contributed by atoms with Gasteiger partial charge in [0.15, 0.2) is 0 Å². The van der Waals surface area contributed by atoms with Gasteiger partial charge in [0.1, 0.15) is 5.75 Å². The van der Waals surface area contributed by atoms with Crippen molar-refractivity contribution in [1.29, 1.82) is 0 Å². The predicted molar refractivity (Wildman–Crippen MR) is 81.6 cm³/mol. The second-order valence-corrected chi connectivity index (χ2v) is 5.27. The lowest BCUT2D eigenvalue weighted by Crippen LogP contribution is -2.02. The van der Waals surface area contributed by atoms with Crippen LogP contribution in [0, 0.1) is 12.8 Å². The van der Waals surface area contributed by atoms with Crippen LogP contribution in [0.25, 0.3) is 0 Å². The maximum atomic E-state index is 5.79. The fourth-order valence-electron chi connectivity index (χ4n) is 1.61. The van der Waals surface area contributed by atoms with E-state index in [1.807, 2.05) is 13.8 Å². The molecular weight excluding hydrogens is 220 g/mol. The van der Waals surface area contributed by atoms with Crippen LogP contribution in [0.15, 0.2) is 18.2 Å². The van der Waals surface area contributed by atoms with Gasteiger partial charge in [-0.2, -0.15) is 0 Å². The van der Waals surface area contributed by atoms with Crippen LogP contribution in [0.3, 0.4) is 0 Å². The van der Waals surface area contributed by atoms with Gasteiger partial charge in [0.25, 0.3) is 0 Å². The molecule has 1 aromatic carbocycles. The molecule has 0 N–H and O–H groups in total. The molecule has 1 heteroatoms. The van der Waals surface area contributed by atoms with Gasteiger partial charge < -0.3 is 4.74 Å². The number of rotatable bonds is 5. The number of hydrogen-bond donors (Lipinski definition) is 0. The minimum absolute atomic E-state index is 0.562. The van der Waals surface area contributed by atoms with Crippen LogP contribution in [0.4, 0.5) is 0 Å². The molecule has 0 unspecified atom stereocenters. The standard InChI is InChI=1S/C15H24O.C2H6/c1-11(2)6-7-16-15-9-13(5)8-14(10-15)12(3)4;1-2/h8-12H,6-7H2,1-5H3;1-2H3. The number of hydrogen-bond acceptors (Lipinski definition) is 1. The summed E-state index contributed by atoms with van der Waals surface area (Å²) < 4.78 is 5.79. The third kappa shape index (κ3) is 6.68. The van der Waals surface area contributed by atoms with Gasteiger partial charge in [-0.1, -0.05) is 47.6 Å². The van der Waals surface area contributed by atoms with Gasteiger partial charge in [-0.05, 0) is 48.4 Å². The van der Waals surface area contributed by atoms with E-state index in [-0.39, 0.29) is 0 Å². The van der Waals surface area contributed by atoms with E-state index < -0.39 is 0 Å². The first-order chi connectivity index (χ1) is 8.49. The monoisotopic (exact) mass is 250 g/mol. The average molecular weight is 250 g/mol. The highest BCUT2D eigenvalue weighted by Gasteiger charge is 2.03. The van der Waals surface area contributed by atoms with Crippen molar-refractivity contribution in [2.24, 2.45) is 5.92 Å². The summed E-state index contributed by atoms with van der Waals surface area (Å²) in [4.78, 5) is 0. The molecule has 1 rings (SSSR count). The lowest BCUT2D eigenvalue weighted by molar-refractivity contribution is 0.289. The molecule has 0 saturated carbocycles. The van der Waals surface area contributed by atoms with E-state index in [1.54, 1.807) is 0 Å². The van der Waals surface area contributed by atoms with E-state index in [1.165, 1.54) is 11.1 Å². The number of aryl methyl sites for hydroxylation is 1. The normalized spacial score (nSPS) is 10.3. The van der Waals surface area contributed by atoms with Gasteiger partial charge in [-0.25, -0.2) is 0 Å². The summed E-state index contributed by atoms with van der Waals surface area (Å²) in [5.41, 5.74) is 2.64. The lowest BCUT2D eigenvalue weighted by atomic mass is 10.0. The Bertz CT molecular complexity index is 326. The molecule has 0 fully saturated rings. The van der Waals surface area contributed by atoms with Crippen LogP contribution < -0.4 is 4.74 Å². The van der Waals surface area contributed by atoms with E-state index in [0.717, 1.165) is 18.8 Å². The summed E-state index contributed by atoms with van der Waals surface area (Å²) in [6.45, 7) is 15.8. The van der Waals surface area contributed by atoms with E-state index in [2.05, 4.69) is 52.8 Å². The molecule has 0 heterocycles. The molecular formula is C17H30O. The Morgan fingerprint density at radius 1 is 1.00 bits per heavy atom. The fraction of sp³-hybridized carbons (Fsp3) is 0.647. The lowest BCUT2D eigenvalue weighted by Gasteiger charge is -2.12. The summed E-state index contributed by atoms with van der Waals surface area (Å²) in [5.74, 6) is 2.28. The van der Waals surface area contributed by atoms with E-state index in [4.69, 9.17) is 4.74 Å². The second-order valence-electron chi connectivity index (χ2n) is 5.27. The van der Waals surface area contributed by atoms with E-state index >= 15 is 0 Å². The Balaban J connectivity index is 0.00000137. The molecule has 0 aliphatic heterocycles. The largest absolute Gasteiger partial charge is 0.494 e. The highest BCUT2D eigenvalue weighted by molar-refractivity contribution is 5.35. The predicted octanol–water partition coefficient (Wildman–Crippen LogP) is 5.57. The van der Waals surface area contributed by atoms with Crippen molar-refractivity contribution in [3.63, 3.8) is 0 Å². The van der Waals surface area contributed by atoms with E-state index in [9.17, 15) is 0 Å². The van der Waals surface area contributed by atoms with Crippen molar-refractivity contribution >= 4 is 0 Å². The van der Waals surface area contributed by atoms with Crippen LogP contribution in [0.1, 0.15) is 65.0 Å². The molecule has 0 radical (unpaired) electrons. The molecule has 0 aromatic heterocycles. The Hall–Kier alpha value is -0.980. The SMILES string of the molecule is CC.Cc1cc(OCCC(C)C)cc(C(C)C)c1. The molecule has 104 valence electrons. The zero-order chi connectivity index (χ0) is 14.1. The van der Waals surface area contributed by atoms with Crippen LogP contribution in [-0.2, 0) is 0 Å². The molecule has 0 bridgehead atoms. The summed E-state index contributed by atoms with van der Waals surface area (Å²) in [7, 11) is 0. The van der Waals surface area contributed by atoms with Gasteiger partial charge in [-0.15, -0.1) is 0 Å². The summed E-state index contributed by atoms with van der Waals surface area (Å²) in [6.07, 6.45) is 1.12. The van der Waals surface area contributed by atoms with Crippen LogP contribution >= 0.6 is 0 Å². The first kappa shape index (κ1) is 17.0. The Morgan fingerprint density at radius 3 is 2.11 bits per heavy atom. The summed E-state index contributed by atoms with van der Waals surface area (Å²) in [6, 6.07) is 6.52. The quantitative estimate of drug-likeness (QED) is 0.664. The van der Waals surface area contributed by atoms with Crippen molar-refractivity contribution in [3.05, 3.63) is 29.3 Å². The first-order valence-corrected chi connectivity index (χ1v) is 7.23. The molecule has 0 aliphatic rings. The van der Waals surface area contributed by atoms with Gasteiger partial charge in [0.05, 0.1) is 6.61 Å². The highest BCUT2D eigenvalue weighted by atomic mass is 16.5. The molecule has 18 heavy (non-hydrogen) atoms. The van der Waals surface area contributed by atoms with Crippen molar-refractivity contribution in [2.75, 3.05) is 6.61 Å². The smallest absolute Gasteiger partial charge is 0.119 e. The third-order valence-corrected chi connectivity index (χ3v) is 2.70. The Kier molecular flexibility index (Phi) is 8.53. The van der Waals surface area contributed by atoms with Crippen LogP contribution in [0.5, 0.6) is 5.75 Å². The minimum atomic E-state index is 0.562. The van der Waals surface area contributed by atoms with Crippen molar-refractivity contribution in [1.82, 2.24) is 0 Å². The maximum Gasteiger partial charge on any atom is 0.119 e. The Labute approximate surface area is 114 Å². The minimum Gasteiger partial charge on any atom is -0.494 e. The van der Waals surface area contributed by atoms with Crippen molar-refractivity contribution < 1.29 is 4.74 Å². The van der Waals surface area contributed by atoms with Crippen molar-refractivity contribution in [2.45, 2.75) is 60.8 Å². The van der Waals surface area contributed by atoms with Crippen molar-refractivity contribution in [3.8, 4) is 5.75 Å². The molecule has 0 saturated heterocycles. The number of benzene rings is 1. The zero-order valence-corrected chi connectivity index (χ0v) is 13.2. The topological polar surface area (TPSA) is 9.23 Å². The number of ether oxygens (including phenoxy) is 1. The molecule has 0 amide bonds. The summed E-state index contributed by atoms with van der Waals surface area (Å²) in [5, 5.41) is 0. The van der Waals surface area contributed by atoms with E-state index in [0.29, 0.717) is 11.8 Å². The molecule has 1 aromatic rings. The zero-order valence-electron chi connectivity index (χ0n) is 13.2. The van der Waals surface area contributed by atoms with Gasteiger partial charge in [0, 0.05) is 0 Å². The fourth-order valence-corrected chi connectivity index (χ4v) is 1.61. The molecule has 1 nitrogen and oxygen atoms in total. The van der Waals surface area contributed by atoms with Gasteiger partial charge >= 0.3 is 0 Å². The first-order valence-electron chi connectivity index (χ1n) is 7.23. The Morgan fingerprint density at radius 2 is 1.61 bits per heavy atom. The highest BCUT2D eigenvalue weighted by Crippen LogP contribution is 2.23. The van der Waals surface area contributed by atoms with Gasteiger partial charge in [0.2, 0.25) is 0 Å². The second kappa shape index (κ2) is 9.02. The average Bonchev–Trinajstić information content (AvgIpc) is 2.30. The van der Waals surface area contributed by atoms with Crippen LogP contribution in [-0.4, -0.2) is 6.61 Å². The van der Waals surface area contributed by atoms with Gasteiger partial charge in [-0.3, -0.25) is 0 Å². The maximum absolute atomic E-state index is 5.79. The third-order valence-electron chi connectivity index (χ3n) is 2.70. The summed E-state index contributed by atoms with van der Waals surface area (Å²) >= 11 is 0. The molecule has 0 atom stereocenters. The molecule has 0 spiro atoms.